The summed E-state index contributed by atoms with van der Waals surface area (Å²) < 4.78 is 0. The van der Waals surface area contributed by atoms with Crippen LogP contribution in [0.3, 0.4) is 0 Å². The number of carbonyl (C=O) groups is 2. The van der Waals surface area contributed by atoms with E-state index in [0.717, 1.165) is 31.2 Å². The summed E-state index contributed by atoms with van der Waals surface area (Å²) in [4.78, 5) is 26.5. The number of amides is 2. The first-order valence-corrected chi connectivity index (χ1v) is 8.19. The van der Waals surface area contributed by atoms with Crippen molar-refractivity contribution in [2.75, 3.05) is 13.1 Å². The van der Waals surface area contributed by atoms with Crippen LogP contribution in [0.25, 0.3) is 0 Å². The molecule has 0 spiro atoms. The molecule has 1 atom stereocenters. The summed E-state index contributed by atoms with van der Waals surface area (Å²) in [6, 6.07) is 8.33. The van der Waals surface area contributed by atoms with Crippen molar-refractivity contribution in [1.29, 1.82) is 0 Å². The zero-order chi connectivity index (χ0) is 15.7. The van der Waals surface area contributed by atoms with Crippen LogP contribution in [0.2, 0.25) is 0 Å². The number of likely N-dealkylation sites (tertiary alicyclic amines) is 1. The van der Waals surface area contributed by atoms with Crippen molar-refractivity contribution in [3.05, 3.63) is 35.4 Å². The van der Waals surface area contributed by atoms with Gasteiger partial charge in [0.05, 0.1) is 11.3 Å². The third-order valence-corrected chi connectivity index (χ3v) is 5.31. The summed E-state index contributed by atoms with van der Waals surface area (Å²) in [5.41, 5.74) is 7.33. The number of hydrogen-bond donors (Lipinski definition) is 1. The van der Waals surface area contributed by atoms with Crippen LogP contribution in [-0.2, 0) is 15.0 Å². The fourth-order valence-electron chi connectivity index (χ4n) is 4.03. The van der Waals surface area contributed by atoms with Gasteiger partial charge in [-0.2, -0.15) is 0 Å². The molecule has 4 nitrogen and oxygen atoms in total. The zero-order valence-electron chi connectivity index (χ0n) is 13.2. The summed E-state index contributed by atoms with van der Waals surface area (Å²) in [7, 11) is 0. The van der Waals surface area contributed by atoms with Gasteiger partial charge in [-0.3, -0.25) is 9.59 Å². The second-order valence-corrected chi connectivity index (χ2v) is 6.80. The fourth-order valence-corrected chi connectivity index (χ4v) is 4.03. The van der Waals surface area contributed by atoms with Crippen LogP contribution in [0.15, 0.2) is 24.3 Å². The van der Waals surface area contributed by atoms with Gasteiger partial charge < -0.3 is 10.6 Å². The molecule has 4 heteroatoms. The Bertz CT molecular complexity index is 591. The van der Waals surface area contributed by atoms with Crippen LogP contribution in [0.4, 0.5) is 0 Å². The Labute approximate surface area is 131 Å². The Kier molecular flexibility index (Phi) is 3.94. The molecular formula is C18H24N2O2. The molecule has 0 bridgehead atoms. The van der Waals surface area contributed by atoms with Gasteiger partial charge in [0.1, 0.15) is 0 Å². The first kappa shape index (κ1) is 15.1. The lowest BCUT2D eigenvalue weighted by Crippen LogP contribution is -2.45. The van der Waals surface area contributed by atoms with Gasteiger partial charge in [0, 0.05) is 13.1 Å². The molecule has 1 saturated heterocycles. The van der Waals surface area contributed by atoms with E-state index in [1.54, 1.807) is 0 Å². The number of hydrogen-bond acceptors (Lipinski definition) is 2. The number of nitrogens with zero attached hydrogens (tertiary/aromatic N) is 1. The molecule has 2 N–H and O–H groups in total. The van der Waals surface area contributed by atoms with Gasteiger partial charge in [-0.05, 0) is 31.7 Å². The van der Waals surface area contributed by atoms with Crippen LogP contribution in [-0.4, -0.2) is 29.8 Å². The summed E-state index contributed by atoms with van der Waals surface area (Å²) in [5, 5.41) is 0. The summed E-state index contributed by atoms with van der Waals surface area (Å²) in [6.45, 7) is 3.21. The minimum absolute atomic E-state index is 0.181. The topological polar surface area (TPSA) is 63.4 Å². The van der Waals surface area contributed by atoms with Crippen molar-refractivity contribution in [2.24, 2.45) is 11.7 Å². The Morgan fingerprint density at radius 1 is 1.27 bits per heavy atom. The van der Waals surface area contributed by atoms with Crippen molar-refractivity contribution in [2.45, 2.75) is 44.4 Å². The Hall–Kier alpha value is -1.84. The third-order valence-electron chi connectivity index (χ3n) is 5.31. The van der Waals surface area contributed by atoms with Gasteiger partial charge in [-0.15, -0.1) is 0 Å². The highest BCUT2D eigenvalue weighted by atomic mass is 16.2. The zero-order valence-corrected chi connectivity index (χ0v) is 13.2. The quantitative estimate of drug-likeness (QED) is 0.929. The first-order chi connectivity index (χ1) is 10.5. The molecule has 2 fully saturated rings. The summed E-state index contributed by atoms with van der Waals surface area (Å²) >= 11 is 0. The molecule has 22 heavy (non-hydrogen) atoms. The van der Waals surface area contributed by atoms with Crippen molar-refractivity contribution >= 4 is 11.8 Å². The maximum atomic E-state index is 13.2. The smallest absolute Gasteiger partial charge is 0.233 e. The number of nitrogens with two attached hydrogens (primary N) is 1. The van der Waals surface area contributed by atoms with E-state index < -0.39 is 5.41 Å². The second kappa shape index (κ2) is 5.75. The summed E-state index contributed by atoms with van der Waals surface area (Å²) in [5.74, 6) is -0.273. The molecule has 1 aliphatic carbocycles. The van der Waals surface area contributed by atoms with Gasteiger partial charge in [0.25, 0.3) is 0 Å². The Morgan fingerprint density at radius 2 is 2.00 bits per heavy atom. The van der Waals surface area contributed by atoms with Crippen molar-refractivity contribution in [3.8, 4) is 0 Å². The van der Waals surface area contributed by atoms with Crippen LogP contribution in [0.5, 0.6) is 0 Å². The normalized spacial score (nSPS) is 23.7. The van der Waals surface area contributed by atoms with Gasteiger partial charge in [-0.1, -0.05) is 42.7 Å². The molecule has 1 saturated carbocycles. The SMILES string of the molecule is Cc1cccc(C2(C(=O)N3CC[C@H](C(N)=O)C3)CCCC2)c1. The maximum Gasteiger partial charge on any atom is 0.233 e. The van der Waals surface area contributed by atoms with Crippen molar-refractivity contribution in [1.82, 2.24) is 4.90 Å². The van der Waals surface area contributed by atoms with Crippen LogP contribution >= 0.6 is 0 Å². The number of carbonyl (C=O) groups excluding carboxylic acids is 2. The Morgan fingerprint density at radius 3 is 2.59 bits per heavy atom. The average molecular weight is 300 g/mol. The molecule has 0 unspecified atom stereocenters. The molecule has 3 rings (SSSR count). The third kappa shape index (κ3) is 2.51. The first-order valence-electron chi connectivity index (χ1n) is 8.19. The van der Waals surface area contributed by atoms with E-state index in [-0.39, 0.29) is 17.7 Å². The van der Waals surface area contributed by atoms with Gasteiger partial charge >= 0.3 is 0 Å². The molecule has 1 aromatic carbocycles. The van der Waals surface area contributed by atoms with Crippen LogP contribution in [0.1, 0.15) is 43.2 Å². The predicted octanol–water partition coefficient (Wildman–Crippen LogP) is 2.14. The lowest BCUT2D eigenvalue weighted by molar-refractivity contribution is -0.136. The van der Waals surface area contributed by atoms with Gasteiger partial charge in [0.15, 0.2) is 0 Å². The molecular weight excluding hydrogens is 276 g/mol. The van der Waals surface area contributed by atoms with E-state index in [0.29, 0.717) is 19.5 Å². The minimum Gasteiger partial charge on any atom is -0.369 e. The maximum absolute atomic E-state index is 13.2. The van der Waals surface area contributed by atoms with Gasteiger partial charge in [0.2, 0.25) is 11.8 Å². The number of rotatable bonds is 3. The lowest BCUT2D eigenvalue weighted by atomic mass is 9.77. The molecule has 0 radical (unpaired) electrons. The molecule has 118 valence electrons. The largest absolute Gasteiger partial charge is 0.369 e. The molecule has 0 aromatic heterocycles. The van der Waals surface area contributed by atoms with E-state index in [1.807, 2.05) is 11.0 Å². The molecule has 2 amide bonds. The highest BCUT2D eigenvalue weighted by molar-refractivity contribution is 5.90. The van der Waals surface area contributed by atoms with E-state index in [9.17, 15) is 9.59 Å². The minimum atomic E-state index is -0.390. The molecule has 1 heterocycles. The monoisotopic (exact) mass is 300 g/mol. The van der Waals surface area contributed by atoms with E-state index in [1.165, 1.54) is 5.56 Å². The van der Waals surface area contributed by atoms with Gasteiger partial charge in [-0.25, -0.2) is 0 Å². The summed E-state index contributed by atoms with van der Waals surface area (Å²) in [6.07, 6.45) is 4.70. The standard InChI is InChI=1S/C18H24N2O2/c1-13-5-4-6-15(11-13)18(8-2-3-9-18)17(22)20-10-7-14(12-20)16(19)21/h4-6,11,14H,2-3,7-10,12H2,1H3,(H2,19,21)/t14-/m0/s1. The predicted molar refractivity (Wildman–Crippen MR) is 85.2 cm³/mol. The second-order valence-electron chi connectivity index (χ2n) is 6.80. The number of primary amides is 1. The van der Waals surface area contributed by atoms with Crippen LogP contribution in [0, 0.1) is 12.8 Å². The van der Waals surface area contributed by atoms with E-state index in [4.69, 9.17) is 5.73 Å². The van der Waals surface area contributed by atoms with Crippen LogP contribution < -0.4 is 5.73 Å². The fraction of sp³-hybridized carbons (Fsp3) is 0.556. The van der Waals surface area contributed by atoms with E-state index >= 15 is 0 Å². The Balaban J connectivity index is 1.88. The molecule has 1 aromatic rings. The van der Waals surface area contributed by atoms with E-state index in [2.05, 4.69) is 25.1 Å². The van der Waals surface area contributed by atoms with Crippen molar-refractivity contribution < 1.29 is 9.59 Å². The lowest BCUT2D eigenvalue weighted by Gasteiger charge is -2.33. The number of aryl methyl sites for hydroxylation is 1. The highest BCUT2D eigenvalue weighted by Gasteiger charge is 2.46. The number of benzene rings is 1. The average Bonchev–Trinajstić information content (AvgIpc) is 3.17. The molecule has 2 aliphatic rings. The molecule has 1 aliphatic heterocycles. The highest BCUT2D eigenvalue weighted by Crippen LogP contribution is 2.43. The van der Waals surface area contributed by atoms with Crippen molar-refractivity contribution in [3.63, 3.8) is 0 Å².